The predicted molar refractivity (Wildman–Crippen MR) is 107 cm³/mol. The molecule has 2 aromatic rings. The lowest BCUT2D eigenvalue weighted by Crippen LogP contribution is -2.40. The fourth-order valence-electron chi connectivity index (χ4n) is 2.40. The second-order valence-corrected chi connectivity index (χ2v) is 7.01. The Morgan fingerprint density at radius 3 is 2.33 bits per heavy atom. The van der Waals surface area contributed by atoms with Crippen LogP contribution in [0.4, 0.5) is 5.69 Å². The highest BCUT2D eigenvalue weighted by atomic mass is 79.9. The third-order valence-electron chi connectivity index (χ3n) is 3.88. The van der Waals surface area contributed by atoms with E-state index in [2.05, 4.69) is 26.6 Å². The third kappa shape index (κ3) is 5.92. The van der Waals surface area contributed by atoms with Crippen molar-refractivity contribution in [2.24, 2.45) is 0 Å². The number of amides is 2. The number of carbonyl (C=O) groups is 3. The van der Waals surface area contributed by atoms with Crippen molar-refractivity contribution in [1.82, 2.24) is 5.32 Å². The third-order valence-corrected chi connectivity index (χ3v) is 4.38. The molecule has 2 N–H and O–H groups in total. The molecule has 0 saturated carbocycles. The number of rotatable bonds is 6. The molecule has 0 radical (unpaired) electrons. The standard InChI is InChI=1S/C20H21BrN2O4/c1-12-6-4-7-13(2)18(12)23-17(24)11-22-19(25)14(3)27-20(26)15-8-5-9-16(21)10-15/h4-10,14H,11H2,1-3H3,(H,22,25)(H,23,24)/t14-/m1/s1. The lowest BCUT2D eigenvalue weighted by Gasteiger charge is -2.15. The number of halogens is 1. The minimum absolute atomic E-state index is 0.217. The van der Waals surface area contributed by atoms with Gasteiger partial charge < -0.3 is 15.4 Å². The molecular weight excluding hydrogens is 412 g/mol. The number of hydrogen-bond donors (Lipinski definition) is 2. The van der Waals surface area contributed by atoms with Gasteiger partial charge in [-0.15, -0.1) is 0 Å². The van der Waals surface area contributed by atoms with Crippen molar-refractivity contribution in [3.05, 3.63) is 63.6 Å². The number of carbonyl (C=O) groups excluding carboxylic acids is 3. The molecular formula is C20H21BrN2O4. The molecule has 2 amide bonds. The van der Waals surface area contributed by atoms with Gasteiger partial charge in [-0.2, -0.15) is 0 Å². The first kappa shape index (κ1) is 20.6. The molecule has 0 fully saturated rings. The van der Waals surface area contributed by atoms with E-state index in [1.54, 1.807) is 24.3 Å². The smallest absolute Gasteiger partial charge is 0.338 e. The summed E-state index contributed by atoms with van der Waals surface area (Å²) in [4.78, 5) is 36.2. The maximum Gasteiger partial charge on any atom is 0.338 e. The van der Waals surface area contributed by atoms with Gasteiger partial charge in [0.05, 0.1) is 12.1 Å². The first-order valence-corrected chi connectivity index (χ1v) is 9.17. The van der Waals surface area contributed by atoms with Crippen LogP contribution in [0.2, 0.25) is 0 Å². The van der Waals surface area contributed by atoms with E-state index >= 15 is 0 Å². The molecule has 6 nitrogen and oxygen atoms in total. The Balaban J connectivity index is 1.85. The lowest BCUT2D eigenvalue weighted by molar-refractivity contribution is -0.130. The van der Waals surface area contributed by atoms with Crippen LogP contribution in [0.1, 0.15) is 28.4 Å². The van der Waals surface area contributed by atoms with Crippen molar-refractivity contribution in [2.45, 2.75) is 26.9 Å². The molecule has 0 aromatic heterocycles. The zero-order chi connectivity index (χ0) is 20.0. The van der Waals surface area contributed by atoms with Crippen molar-refractivity contribution < 1.29 is 19.1 Å². The lowest BCUT2D eigenvalue weighted by atomic mass is 10.1. The number of esters is 1. The Bertz CT molecular complexity index is 847. The number of anilines is 1. The zero-order valence-electron chi connectivity index (χ0n) is 15.3. The van der Waals surface area contributed by atoms with E-state index in [1.807, 2.05) is 32.0 Å². The van der Waals surface area contributed by atoms with Gasteiger partial charge >= 0.3 is 5.97 Å². The van der Waals surface area contributed by atoms with E-state index in [-0.39, 0.29) is 12.5 Å². The monoisotopic (exact) mass is 432 g/mol. The van der Waals surface area contributed by atoms with Gasteiger partial charge in [-0.3, -0.25) is 9.59 Å². The molecule has 1 atom stereocenters. The average Bonchev–Trinajstić information content (AvgIpc) is 2.62. The van der Waals surface area contributed by atoms with Crippen LogP contribution in [0.15, 0.2) is 46.9 Å². The van der Waals surface area contributed by atoms with Crippen molar-refractivity contribution >= 4 is 39.4 Å². The summed E-state index contributed by atoms with van der Waals surface area (Å²) in [6, 6.07) is 12.4. The number of ether oxygens (including phenoxy) is 1. The molecule has 0 aliphatic carbocycles. The molecule has 0 heterocycles. The van der Waals surface area contributed by atoms with E-state index < -0.39 is 18.0 Å². The van der Waals surface area contributed by atoms with Gasteiger partial charge in [0.1, 0.15) is 0 Å². The number of nitrogens with one attached hydrogen (secondary N) is 2. The molecule has 0 spiro atoms. The summed E-state index contributed by atoms with van der Waals surface area (Å²) < 4.78 is 5.87. The summed E-state index contributed by atoms with van der Waals surface area (Å²) in [5, 5.41) is 5.25. The Kier molecular flexibility index (Phi) is 7.12. The number of aryl methyl sites for hydroxylation is 2. The Labute approximate surface area is 166 Å². The first-order valence-electron chi connectivity index (χ1n) is 8.38. The van der Waals surface area contributed by atoms with Gasteiger partial charge in [0, 0.05) is 10.2 Å². The van der Waals surface area contributed by atoms with E-state index in [4.69, 9.17) is 4.74 Å². The summed E-state index contributed by atoms with van der Waals surface area (Å²) in [5.41, 5.74) is 2.93. The second kappa shape index (κ2) is 9.32. The first-order chi connectivity index (χ1) is 12.8. The van der Waals surface area contributed by atoms with Crippen LogP contribution in [-0.2, 0) is 14.3 Å². The quantitative estimate of drug-likeness (QED) is 0.685. The molecule has 0 aliphatic rings. The van der Waals surface area contributed by atoms with Crippen LogP contribution in [0.25, 0.3) is 0 Å². The van der Waals surface area contributed by atoms with Crippen LogP contribution < -0.4 is 10.6 Å². The summed E-state index contributed by atoms with van der Waals surface area (Å²) >= 11 is 3.27. The Hall–Kier alpha value is -2.67. The summed E-state index contributed by atoms with van der Waals surface area (Å²) in [6.07, 6.45) is -1.02. The molecule has 2 rings (SSSR count). The highest BCUT2D eigenvalue weighted by molar-refractivity contribution is 9.10. The SMILES string of the molecule is Cc1cccc(C)c1NC(=O)CNC(=O)[C@@H](C)OC(=O)c1cccc(Br)c1. The maximum atomic E-state index is 12.1. The van der Waals surface area contributed by atoms with Gasteiger partial charge in [0.2, 0.25) is 5.91 Å². The fraction of sp³-hybridized carbons (Fsp3) is 0.250. The largest absolute Gasteiger partial charge is 0.449 e. The average molecular weight is 433 g/mol. The predicted octanol–water partition coefficient (Wildman–Crippen LogP) is 3.37. The van der Waals surface area contributed by atoms with Crippen molar-refractivity contribution in [3.8, 4) is 0 Å². The molecule has 0 saturated heterocycles. The Morgan fingerprint density at radius 2 is 1.70 bits per heavy atom. The van der Waals surface area contributed by atoms with Crippen LogP contribution in [-0.4, -0.2) is 30.4 Å². The van der Waals surface area contributed by atoms with Gasteiger partial charge in [-0.1, -0.05) is 40.2 Å². The van der Waals surface area contributed by atoms with Crippen molar-refractivity contribution in [3.63, 3.8) is 0 Å². The second-order valence-electron chi connectivity index (χ2n) is 6.09. The molecule has 0 unspecified atom stereocenters. The van der Waals surface area contributed by atoms with Gasteiger partial charge in [-0.25, -0.2) is 4.79 Å². The molecule has 0 aliphatic heterocycles. The topological polar surface area (TPSA) is 84.5 Å². The number of para-hydroxylation sites is 1. The Morgan fingerprint density at radius 1 is 1.07 bits per heavy atom. The summed E-state index contributed by atoms with van der Waals surface area (Å²) in [5.74, 6) is -1.51. The van der Waals surface area contributed by atoms with Crippen LogP contribution in [0, 0.1) is 13.8 Å². The van der Waals surface area contributed by atoms with Gasteiger partial charge in [-0.05, 0) is 50.1 Å². The van der Waals surface area contributed by atoms with Gasteiger partial charge in [0.25, 0.3) is 5.91 Å². The molecule has 142 valence electrons. The number of hydrogen-bond acceptors (Lipinski definition) is 4. The maximum absolute atomic E-state index is 12.1. The number of benzene rings is 2. The minimum Gasteiger partial charge on any atom is -0.449 e. The minimum atomic E-state index is -1.02. The summed E-state index contributed by atoms with van der Waals surface area (Å²) in [7, 11) is 0. The van der Waals surface area contributed by atoms with Crippen LogP contribution in [0.5, 0.6) is 0 Å². The van der Waals surface area contributed by atoms with Crippen LogP contribution in [0.3, 0.4) is 0 Å². The van der Waals surface area contributed by atoms with E-state index in [1.165, 1.54) is 6.92 Å². The van der Waals surface area contributed by atoms with Gasteiger partial charge in [0.15, 0.2) is 6.10 Å². The highest BCUT2D eigenvalue weighted by Gasteiger charge is 2.19. The molecule has 27 heavy (non-hydrogen) atoms. The summed E-state index contributed by atoms with van der Waals surface area (Å²) in [6.45, 7) is 5.02. The van der Waals surface area contributed by atoms with Crippen molar-refractivity contribution in [2.75, 3.05) is 11.9 Å². The van der Waals surface area contributed by atoms with Crippen molar-refractivity contribution in [1.29, 1.82) is 0 Å². The normalized spacial score (nSPS) is 11.4. The van der Waals surface area contributed by atoms with E-state index in [0.717, 1.165) is 21.3 Å². The zero-order valence-corrected chi connectivity index (χ0v) is 16.9. The molecule has 0 bridgehead atoms. The van der Waals surface area contributed by atoms with Crippen LogP contribution >= 0.6 is 15.9 Å². The highest BCUT2D eigenvalue weighted by Crippen LogP contribution is 2.19. The molecule has 7 heteroatoms. The van der Waals surface area contributed by atoms with E-state index in [0.29, 0.717) is 5.56 Å². The van der Waals surface area contributed by atoms with E-state index in [9.17, 15) is 14.4 Å². The molecule has 2 aromatic carbocycles. The fourth-order valence-corrected chi connectivity index (χ4v) is 2.80.